The van der Waals surface area contributed by atoms with Gasteiger partial charge in [-0.15, -0.1) is 11.3 Å². The zero-order valence-electron chi connectivity index (χ0n) is 14.1. The molecule has 0 saturated carbocycles. The second-order valence-electron chi connectivity index (χ2n) is 6.27. The summed E-state index contributed by atoms with van der Waals surface area (Å²) in [5, 5.41) is 1.65. The van der Waals surface area contributed by atoms with Crippen LogP contribution in [-0.4, -0.2) is 47.5 Å². The number of aromatic nitrogens is 2. The zero-order valence-corrected chi connectivity index (χ0v) is 17.9. The maximum Gasteiger partial charge on any atom is 0.263 e. The van der Waals surface area contributed by atoms with Gasteiger partial charge in [-0.1, -0.05) is 11.8 Å². The summed E-state index contributed by atoms with van der Waals surface area (Å²) < 4.78 is 2.73. The lowest BCUT2D eigenvalue weighted by molar-refractivity contribution is -0.867. The fraction of sp³-hybridized carbons (Fsp3) is 0.600. The van der Waals surface area contributed by atoms with Crippen LogP contribution >= 0.6 is 23.1 Å². The summed E-state index contributed by atoms with van der Waals surface area (Å²) in [5.41, 5.74) is 1.19. The molecule has 0 aliphatic rings. The van der Waals surface area contributed by atoms with Gasteiger partial charge in [-0.3, -0.25) is 9.36 Å². The molecule has 0 radical (unpaired) electrons. The van der Waals surface area contributed by atoms with Crippen LogP contribution in [0.5, 0.6) is 0 Å². The highest BCUT2D eigenvalue weighted by Crippen LogP contribution is 2.28. The highest BCUT2D eigenvalue weighted by atomic mass is 127. The Hall–Kier alpha value is -0.120. The van der Waals surface area contributed by atoms with Crippen molar-refractivity contribution in [3.8, 4) is 0 Å². The highest BCUT2D eigenvalue weighted by molar-refractivity contribution is 7.99. The average molecular weight is 453 g/mol. The molecule has 0 bridgehead atoms. The fourth-order valence-corrected chi connectivity index (χ4v) is 4.53. The van der Waals surface area contributed by atoms with Gasteiger partial charge in [0.25, 0.3) is 5.56 Å². The monoisotopic (exact) mass is 453 g/mol. The highest BCUT2D eigenvalue weighted by Gasteiger charge is 2.16. The third-order valence-electron chi connectivity index (χ3n) is 3.56. The van der Waals surface area contributed by atoms with E-state index in [1.807, 2.05) is 18.4 Å². The molecule has 7 heteroatoms. The fourth-order valence-electron chi connectivity index (χ4n) is 2.11. The Bertz CT molecular complexity index is 716. The van der Waals surface area contributed by atoms with E-state index in [2.05, 4.69) is 28.1 Å². The summed E-state index contributed by atoms with van der Waals surface area (Å²) >= 11 is 3.31. The predicted octanol–water partition coefficient (Wildman–Crippen LogP) is -0.103. The van der Waals surface area contributed by atoms with Crippen LogP contribution in [0.25, 0.3) is 10.2 Å². The minimum Gasteiger partial charge on any atom is -1.00 e. The maximum atomic E-state index is 12.7. The smallest absolute Gasteiger partial charge is 0.263 e. The second kappa shape index (κ2) is 7.63. The standard InChI is InChI=1S/C15H24N3OS2.HI/c1-7-17-14(19)12-10(2)11(3)21-13(12)16-15(17)20-9-8-18(4,5)6;/h7-9H2,1-6H3;1H/q+1;/p-1. The van der Waals surface area contributed by atoms with E-state index in [-0.39, 0.29) is 29.5 Å². The Morgan fingerprint density at radius 2 is 1.91 bits per heavy atom. The SMILES string of the molecule is CCn1c(SCC[N+](C)(C)C)nc2sc(C)c(C)c2c1=O.[I-]. The normalized spacial score (nSPS) is 11.7. The van der Waals surface area contributed by atoms with Crippen LogP contribution in [0, 0.1) is 13.8 Å². The quantitative estimate of drug-likeness (QED) is 0.275. The number of hydrogen-bond donors (Lipinski definition) is 0. The first-order chi connectivity index (χ1) is 9.74. The molecule has 124 valence electrons. The van der Waals surface area contributed by atoms with Gasteiger partial charge in [0.15, 0.2) is 5.16 Å². The van der Waals surface area contributed by atoms with Crippen LogP contribution in [0.4, 0.5) is 0 Å². The number of halogens is 1. The maximum absolute atomic E-state index is 12.7. The zero-order chi connectivity index (χ0) is 15.8. The van der Waals surface area contributed by atoms with E-state index in [0.717, 1.165) is 37.7 Å². The van der Waals surface area contributed by atoms with Crippen LogP contribution in [0.15, 0.2) is 9.95 Å². The van der Waals surface area contributed by atoms with E-state index in [1.54, 1.807) is 23.1 Å². The first-order valence-electron chi connectivity index (χ1n) is 7.18. The topological polar surface area (TPSA) is 34.9 Å². The van der Waals surface area contributed by atoms with Gasteiger partial charge in [0, 0.05) is 11.4 Å². The van der Waals surface area contributed by atoms with Gasteiger partial charge in [-0.25, -0.2) is 4.98 Å². The predicted molar refractivity (Wildman–Crippen MR) is 92.7 cm³/mol. The van der Waals surface area contributed by atoms with Gasteiger partial charge in [0.05, 0.1) is 38.8 Å². The molecular formula is C15H24IN3OS2. The first-order valence-corrected chi connectivity index (χ1v) is 8.98. The lowest BCUT2D eigenvalue weighted by atomic mass is 10.2. The van der Waals surface area contributed by atoms with Crippen molar-refractivity contribution in [1.82, 2.24) is 9.55 Å². The van der Waals surface area contributed by atoms with Crippen molar-refractivity contribution in [3.63, 3.8) is 0 Å². The lowest BCUT2D eigenvalue weighted by Gasteiger charge is -2.23. The summed E-state index contributed by atoms with van der Waals surface area (Å²) in [7, 11) is 6.53. The van der Waals surface area contributed by atoms with Crippen molar-refractivity contribution in [2.75, 3.05) is 33.4 Å². The number of fused-ring (bicyclic) bond motifs is 1. The molecule has 0 amide bonds. The van der Waals surface area contributed by atoms with E-state index < -0.39 is 0 Å². The third kappa shape index (κ3) is 4.24. The van der Waals surface area contributed by atoms with Crippen LogP contribution < -0.4 is 29.5 Å². The van der Waals surface area contributed by atoms with Crippen LogP contribution in [0.2, 0.25) is 0 Å². The molecule has 2 heterocycles. The van der Waals surface area contributed by atoms with E-state index in [0.29, 0.717) is 6.54 Å². The van der Waals surface area contributed by atoms with E-state index in [9.17, 15) is 4.79 Å². The molecular weight excluding hydrogens is 429 g/mol. The minimum atomic E-state index is 0. The van der Waals surface area contributed by atoms with Crippen LogP contribution in [0.1, 0.15) is 17.4 Å². The van der Waals surface area contributed by atoms with Crippen molar-refractivity contribution in [2.45, 2.75) is 32.5 Å². The van der Waals surface area contributed by atoms with Gasteiger partial charge in [-0.05, 0) is 26.3 Å². The number of quaternary nitrogens is 1. The van der Waals surface area contributed by atoms with Gasteiger partial charge >= 0.3 is 0 Å². The number of hydrogen-bond acceptors (Lipinski definition) is 4. The number of thiophene rings is 1. The molecule has 0 atom stereocenters. The molecule has 4 nitrogen and oxygen atoms in total. The molecule has 0 fully saturated rings. The van der Waals surface area contributed by atoms with Crippen LogP contribution in [0.3, 0.4) is 0 Å². The van der Waals surface area contributed by atoms with Gasteiger partial charge in [-0.2, -0.15) is 0 Å². The van der Waals surface area contributed by atoms with Crippen LogP contribution in [-0.2, 0) is 6.54 Å². The number of thioether (sulfide) groups is 1. The molecule has 22 heavy (non-hydrogen) atoms. The second-order valence-corrected chi connectivity index (χ2v) is 8.53. The molecule has 0 aromatic carbocycles. The average Bonchev–Trinajstić information content (AvgIpc) is 2.64. The van der Waals surface area contributed by atoms with E-state index in [1.165, 1.54) is 4.88 Å². The number of rotatable bonds is 5. The van der Waals surface area contributed by atoms with Gasteiger partial charge < -0.3 is 28.5 Å². The lowest BCUT2D eigenvalue weighted by Crippen LogP contribution is -3.00. The van der Waals surface area contributed by atoms with Crippen molar-refractivity contribution in [3.05, 3.63) is 20.8 Å². The Morgan fingerprint density at radius 1 is 1.27 bits per heavy atom. The van der Waals surface area contributed by atoms with Gasteiger partial charge in [0.1, 0.15) is 4.83 Å². The summed E-state index contributed by atoms with van der Waals surface area (Å²) in [6.07, 6.45) is 0. The Balaban J connectivity index is 0.00000242. The number of aryl methyl sites for hydroxylation is 2. The summed E-state index contributed by atoms with van der Waals surface area (Å²) in [4.78, 5) is 19.5. The molecule has 0 spiro atoms. The largest absolute Gasteiger partial charge is 1.00 e. The van der Waals surface area contributed by atoms with Crippen molar-refractivity contribution in [1.29, 1.82) is 0 Å². The Kier molecular flexibility index (Phi) is 6.91. The van der Waals surface area contributed by atoms with Gasteiger partial charge in [0.2, 0.25) is 0 Å². The molecule has 2 aromatic rings. The van der Waals surface area contributed by atoms with Crippen molar-refractivity contribution < 1.29 is 28.5 Å². The molecule has 2 rings (SSSR count). The molecule has 0 aliphatic heterocycles. The van der Waals surface area contributed by atoms with E-state index >= 15 is 0 Å². The molecule has 0 unspecified atom stereocenters. The summed E-state index contributed by atoms with van der Waals surface area (Å²) in [6, 6.07) is 0. The minimum absolute atomic E-state index is 0. The third-order valence-corrected chi connectivity index (χ3v) is 5.62. The first kappa shape index (κ1) is 19.9. The molecule has 0 aliphatic carbocycles. The Morgan fingerprint density at radius 3 is 2.45 bits per heavy atom. The molecule has 0 saturated heterocycles. The number of nitrogens with zero attached hydrogens (tertiary/aromatic N) is 3. The van der Waals surface area contributed by atoms with Crippen molar-refractivity contribution in [2.24, 2.45) is 0 Å². The summed E-state index contributed by atoms with van der Waals surface area (Å²) in [6.45, 7) is 7.80. The van der Waals surface area contributed by atoms with E-state index in [4.69, 9.17) is 4.98 Å². The molecule has 2 aromatic heterocycles. The molecule has 0 N–H and O–H groups in total. The summed E-state index contributed by atoms with van der Waals surface area (Å²) in [5.74, 6) is 0.963. The van der Waals surface area contributed by atoms with Crippen molar-refractivity contribution >= 4 is 33.3 Å². The Labute approximate surface area is 157 Å².